The molecule has 0 radical (unpaired) electrons. The van der Waals surface area contributed by atoms with Crippen molar-refractivity contribution in [3.63, 3.8) is 0 Å². The SMILES string of the molecule is c1ccc(-c2ccc(-n3c4ccccc4c4cc(-c5ccccc5)cc(-n5c6ccccc6c6cccc([Si](c7ccccc7)(c7ccccc7)c7ccccc7)c65)c43)cc2)cc1. The summed E-state index contributed by atoms with van der Waals surface area (Å²) in [6.07, 6.45) is 0. The van der Waals surface area contributed by atoms with Crippen LogP contribution in [0.3, 0.4) is 0 Å². The molecule has 0 saturated carbocycles. The molecule has 0 unspecified atom stereocenters. The van der Waals surface area contributed by atoms with Crippen LogP contribution in [0.1, 0.15) is 0 Å². The van der Waals surface area contributed by atoms with Crippen molar-refractivity contribution in [1.29, 1.82) is 0 Å². The Bertz CT molecular complexity index is 3480. The van der Waals surface area contributed by atoms with Crippen molar-refractivity contribution in [3.05, 3.63) is 255 Å². The molecule has 2 aromatic heterocycles. The lowest BCUT2D eigenvalue weighted by Crippen LogP contribution is -2.75. The van der Waals surface area contributed by atoms with Crippen LogP contribution in [0.2, 0.25) is 0 Å². The third-order valence-electron chi connectivity index (χ3n) is 13.0. The quantitative estimate of drug-likeness (QED) is 0.107. The van der Waals surface area contributed by atoms with Crippen molar-refractivity contribution >= 4 is 72.4 Å². The number of hydrogen-bond donors (Lipinski definition) is 0. The molecule has 0 fully saturated rings. The third kappa shape index (κ3) is 5.85. The predicted molar refractivity (Wildman–Crippen MR) is 270 cm³/mol. The second-order valence-electron chi connectivity index (χ2n) is 16.4. The van der Waals surface area contributed by atoms with Crippen LogP contribution in [-0.4, -0.2) is 17.2 Å². The van der Waals surface area contributed by atoms with Crippen LogP contribution in [0.15, 0.2) is 255 Å². The lowest BCUT2D eigenvalue weighted by molar-refractivity contribution is 1.13. The first-order chi connectivity index (χ1) is 31.3. The summed E-state index contributed by atoms with van der Waals surface area (Å²) in [5.74, 6) is 0. The zero-order valence-electron chi connectivity index (χ0n) is 34.6. The number of hydrogen-bond acceptors (Lipinski definition) is 0. The normalized spacial score (nSPS) is 11.8. The van der Waals surface area contributed by atoms with Gasteiger partial charge in [-0.1, -0.05) is 218 Å². The molecule has 0 bridgehead atoms. The molecule has 12 rings (SSSR count). The van der Waals surface area contributed by atoms with E-state index >= 15 is 0 Å². The van der Waals surface area contributed by atoms with Crippen LogP contribution >= 0.6 is 0 Å². The van der Waals surface area contributed by atoms with Gasteiger partial charge in [-0.2, -0.15) is 0 Å². The fourth-order valence-corrected chi connectivity index (χ4v) is 15.3. The van der Waals surface area contributed by atoms with Gasteiger partial charge in [0.05, 0.1) is 27.8 Å². The molecule has 2 nitrogen and oxygen atoms in total. The van der Waals surface area contributed by atoms with Crippen LogP contribution in [-0.2, 0) is 0 Å². The Kier molecular flexibility index (Phi) is 8.87. The fourth-order valence-electron chi connectivity index (χ4n) is 10.3. The van der Waals surface area contributed by atoms with Crippen LogP contribution in [0, 0.1) is 0 Å². The second kappa shape index (κ2) is 15.2. The van der Waals surface area contributed by atoms with E-state index in [0.717, 1.165) is 11.4 Å². The van der Waals surface area contributed by atoms with Gasteiger partial charge in [0.25, 0.3) is 0 Å². The third-order valence-corrected chi connectivity index (χ3v) is 17.9. The van der Waals surface area contributed by atoms with Gasteiger partial charge in [0, 0.05) is 27.2 Å². The van der Waals surface area contributed by atoms with Crippen LogP contribution < -0.4 is 20.7 Å². The summed E-state index contributed by atoms with van der Waals surface area (Å²) in [6, 6.07) is 94.4. The molecule has 0 atom stereocenters. The first-order valence-corrected chi connectivity index (χ1v) is 23.8. The molecule has 3 heteroatoms. The van der Waals surface area contributed by atoms with E-state index in [1.807, 2.05) is 0 Å². The highest BCUT2D eigenvalue weighted by molar-refractivity contribution is 7.20. The van der Waals surface area contributed by atoms with Crippen LogP contribution in [0.5, 0.6) is 0 Å². The summed E-state index contributed by atoms with van der Waals surface area (Å²) in [5, 5.41) is 10.3. The zero-order valence-corrected chi connectivity index (χ0v) is 35.6. The van der Waals surface area contributed by atoms with E-state index in [4.69, 9.17) is 0 Å². The molecular weight excluding hydrogens is 777 g/mol. The maximum absolute atomic E-state index is 3.01. The van der Waals surface area contributed by atoms with Crippen molar-refractivity contribution in [2.75, 3.05) is 0 Å². The van der Waals surface area contributed by atoms with Gasteiger partial charge < -0.3 is 9.13 Å². The van der Waals surface area contributed by atoms with E-state index in [9.17, 15) is 0 Å². The van der Waals surface area contributed by atoms with E-state index < -0.39 is 8.07 Å². The van der Waals surface area contributed by atoms with Gasteiger partial charge in [0.15, 0.2) is 8.07 Å². The highest BCUT2D eigenvalue weighted by atomic mass is 28.3. The van der Waals surface area contributed by atoms with Gasteiger partial charge in [-0.3, -0.25) is 0 Å². The number of aromatic nitrogens is 2. The van der Waals surface area contributed by atoms with E-state index in [1.165, 1.54) is 86.6 Å². The summed E-state index contributed by atoms with van der Waals surface area (Å²) in [7, 11) is -3.01. The summed E-state index contributed by atoms with van der Waals surface area (Å²) in [5.41, 5.74) is 11.8. The lowest BCUT2D eigenvalue weighted by atomic mass is 10.0. The number of rotatable bonds is 8. The van der Waals surface area contributed by atoms with Crippen molar-refractivity contribution < 1.29 is 0 Å². The summed E-state index contributed by atoms with van der Waals surface area (Å²) < 4.78 is 5.13. The minimum Gasteiger partial charge on any atom is -0.307 e. The minimum absolute atomic E-state index is 1.12. The van der Waals surface area contributed by atoms with Crippen molar-refractivity contribution in [2.24, 2.45) is 0 Å². The Morgan fingerprint density at radius 1 is 0.270 bits per heavy atom. The highest BCUT2D eigenvalue weighted by Gasteiger charge is 2.43. The largest absolute Gasteiger partial charge is 0.307 e. The maximum Gasteiger partial charge on any atom is 0.181 e. The molecule has 12 aromatic rings. The Morgan fingerprint density at radius 2 is 0.698 bits per heavy atom. The molecule has 63 heavy (non-hydrogen) atoms. The zero-order chi connectivity index (χ0) is 41.7. The Labute approximate surface area is 368 Å². The number of benzene rings is 10. The molecule has 0 aliphatic carbocycles. The molecule has 2 heterocycles. The summed E-state index contributed by atoms with van der Waals surface area (Å²) in [4.78, 5) is 0. The Hall–Kier alpha value is -7.98. The molecule has 10 aromatic carbocycles. The van der Waals surface area contributed by atoms with Crippen molar-refractivity contribution in [1.82, 2.24) is 9.13 Å². The lowest BCUT2D eigenvalue weighted by Gasteiger charge is -2.35. The van der Waals surface area contributed by atoms with E-state index in [0.29, 0.717) is 0 Å². The van der Waals surface area contributed by atoms with Crippen molar-refractivity contribution in [3.8, 4) is 33.6 Å². The average molecular weight is 819 g/mol. The van der Waals surface area contributed by atoms with Gasteiger partial charge in [-0.05, 0) is 79.4 Å². The van der Waals surface area contributed by atoms with Gasteiger partial charge in [-0.25, -0.2) is 0 Å². The molecule has 0 aliphatic heterocycles. The molecular formula is C60H42N2Si. The van der Waals surface area contributed by atoms with Crippen LogP contribution in [0.25, 0.3) is 77.2 Å². The molecule has 0 N–H and O–H groups in total. The predicted octanol–water partition coefficient (Wildman–Crippen LogP) is 12.6. The number of para-hydroxylation sites is 3. The Balaban J connectivity index is 1.27. The molecule has 0 spiro atoms. The summed E-state index contributed by atoms with van der Waals surface area (Å²) >= 11 is 0. The first-order valence-electron chi connectivity index (χ1n) is 21.8. The monoisotopic (exact) mass is 818 g/mol. The van der Waals surface area contributed by atoms with E-state index in [-0.39, 0.29) is 0 Å². The molecule has 0 saturated heterocycles. The molecule has 296 valence electrons. The second-order valence-corrected chi connectivity index (χ2v) is 20.2. The Morgan fingerprint density at radius 3 is 1.25 bits per heavy atom. The highest BCUT2D eigenvalue weighted by Crippen LogP contribution is 2.42. The molecule has 0 aliphatic rings. The standard InChI is InChI=1S/C60H42N2Si/c1-6-21-43(22-7-1)45-37-39-47(40-38-45)61-55-34-18-17-32-52(55)54-41-46(44-23-8-2-9-24-44)42-57(59(54)61)62-56-35-19-16-31-51(56)53-33-20-36-58(60(53)62)63(48-25-10-3-11-26-48,49-27-12-4-13-28-49)50-29-14-5-15-30-50/h1-42H. The number of nitrogens with zero attached hydrogens (tertiary/aromatic N) is 2. The van der Waals surface area contributed by atoms with E-state index in [1.54, 1.807) is 0 Å². The fraction of sp³-hybridized carbons (Fsp3) is 0. The van der Waals surface area contributed by atoms with E-state index in [2.05, 4.69) is 264 Å². The van der Waals surface area contributed by atoms with Gasteiger partial charge in [0.1, 0.15) is 0 Å². The smallest absolute Gasteiger partial charge is 0.181 e. The average Bonchev–Trinajstić information content (AvgIpc) is 3.89. The van der Waals surface area contributed by atoms with Gasteiger partial charge >= 0.3 is 0 Å². The topological polar surface area (TPSA) is 9.86 Å². The minimum atomic E-state index is -3.01. The van der Waals surface area contributed by atoms with Gasteiger partial charge in [0.2, 0.25) is 0 Å². The first kappa shape index (κ1) is 36.8. The van der Waals surface area contributed by atoms with Gasteiger partial charge in [-0.15, -0.1) is 0 Å². The summed E-state index contributed by atoms with van der Waals surface area (Å²) in [6.45, 7) is 0. The molecule has 0 amide bonds. The van der Waals surface area contributed by atoms with Crippen molar-refractivity contribution in [2.45, 2.75) is 0 Å². The number of fused-ring (bicyclic) bond motifs is 6. The van der Waals surface area contributed by atoms with Crippen LogP contribution in [0.4, 0.5) is 0 Å². The maximum atomic E-state index is 2.62.